The van der Waals surface area contributed by atoms with E-state index in [1.54, 1.807) is 0 Å². The topological polar surface area (TPSA) is 78.9 Å². The summed E-state index contributed by atoms with van der Waals surface area (Å²) in [5.41, 5.74) is 5.75. The molecule has 0 aliphatic heterocycles. The van der Waals surface area contributed by atoms with Gasteiger partial charge in [0.25, 0.3) is 0 Å². The average Bonchev–Trinajstić information content (AvgIpc) is 2.61. The van der Waals surface area contributed by atoms with Crippen molar-refractivity contribution in [2.24, 2.45) is 5.73 Å². The van der Waals surface area contributed by atoms with E-state index < -0.39 is 0 Å². The van der Waals surface area contributed by atoms with E-state index in [-0.39, 0.29) is 11.9 Å². The fourth-order valence-electron chi connectivity index (χ4n) is 1.18. The minimum Gasteiger partial charge on any atom is -0.370 e. The second kappa shape index (κ2) is 5.49. The maximum absolute atomic E-state index is 10.6. The number of nitrogens with one attached hydrogen (secondary N) is 1. The highest BCUT2D eigenvalue weighted by molar-refractivity contribution is 7.10. The van der Waals surface area contributed by atoms with E-state index in [0.29, 0.717) is 18.5 Å². The summed E-state index contributed by atoms with van der Waals surface area (Å²) in [6.07, 6.45) is 0.330. The molecule has 4 nitrogen and oxygen atoms in total. The Hall–Kier alpha value is -1.38. The molecule has 1 aromatic rings. The van der Waals surface area contributed by atoms with Crippen LogP contribution in [0.5, 0.6) is 0 Å². The molecule has 0 aliphatic rings. The van der Waals surface area contributed by atoms with Crippen LogP contribution in [-0.4, -0.2) is 11.9 Å². The lowest BCUT2D eigenvalue weighted by atomic mass is 10.2. The Morgan fingerprint density at radius 1 is 1.80 bits per heavy atom. The lowest BCUT2D eigenvalue weighted by Gasteiger charge is -2.10. The number of nitriles is 1. The molecule has 0 radical (unpaired) electrons. The zero-order chi connectivity index (χ0) is 11.3. The minimum absolute atomic E-state index is 0.0649. The minimum atomic E-state index is -0.307. The van der Waals surface area contributed by atoms with Crippen LogP contribution in [0.25, 0.3) is 0 Å². The first-order valence-corrected chi connectivity index (χ1v) is 5.49. The van der Waals surface area contributed by atoms with Crippen molar-refractivity contribution in [2.75, 3.05) is 0 Å². The number of carbonyl (C=O) groups excluding carboxylic acids is 1. The van der Waals surface area contributed by atoms with E-state index >= 15 is 0 Å². The first-order valence-electron chi connectivity index (χ1n) is 4.61. The number of hydrogen-bond donors (Lipinski definition) is 2. The average molecular weight is 223 g/mol. The number of nitrogens with two attached hydrogens (primary N) is 1. The largest absolute Gasteiger partial charge is 0.370 e. The van der Waals surface area contributed by atoms with Crippen molar-refractivity contribution in [3.8, 4) is 6.07 Å². The number of primary amides is 1. The summed E-state index contributed by atoms with van der Waals surface area (Å²) >= 11 is 1.53. The zero-order valence-electron chi connectivity index (χ0n) is 8.49. The van der Waals surface area contributed by atoms with E-state index in [1.165, 1.54) is 11.3 Å². The molecule has 0 aromatic carbocycles. The van der Waals surface area contributed by atoms with Crippen LogP contribution >= 0.6 is 11.3 Å². The highest BCUT2D eigenvalue weighted by atomic mass is 32.1. The number of nitrogens with zero attached hydrogens (tertiary/aromatic N) is 1. The van der Waals surface area contributed by atoms with Crippen molar-refractivity contribution in [1.29, 1.82) is 5.26 Å². The Morgan fingerprint density at radius 2 is 2.53 bits per heavy atom. The van der Waals surface area contributed by atoms with E-state index in [4.69, 9.17) is 11.0 Å². The van der Waals surface area contributed by atoms with Crippen LogP contribution in [0.1, 0.15) is 23.8 Å². The molecule has 5 heteroatoms. The monoisotopic (exact) mass is 223 g/mol. The van der Waals surface area contributed by atoms with Gasteiger partial charge in [0.15, 0.2) is 0 Å². The van der Waals surface area contributed by atoms with Crippen LogP contribution in [0.4, 0.5) is 0 Å². The molecular weight excluding hydrogens is 210 g/mol. The number of rotatable bonds is 5. The van der Waals surface area contributed by atoms with Crippen molar-refractivity contribution in [3.63, 3.8) is 0 Å². The summed E-state index contributed by atoms with van der Waals surface area (Å²) in [4.78, 5) is 11.7. The summed E-state index contributed by atoms with van der Waals surface area (Å²) in [5, 5.41) is 13.6. The van der Waals surface area contributed by atoms with Gasteiger partial charge in [0.2, 0.25) is 5.91 Å². The first kappa shape index (κ1) is 11.7. The highest BCUT2D eigenvalue weighted by Gasteiger charge is 2.06. The van der Waals surface area contributed by atoms with E-state index in [9.17, 15) is 4.79 Å². The third-order valence-electron chi connectivity index (χ3n) is 1.91. The summed E-state index contributed by atoms with van der Waals surface area (Å²) in [5.74, 6) is -0.307. The second-order valence-electron chi connectivity index (χ2n) is 3.37. The Morgan fingerprint density at radius 3 is 3.07 bits per heavy atom. The molecule has 1 rings (SSSR count). The van der Waals surface area contributed by atoms with Crippen LogP contribution < -0.4 is 11.1 Å². The maximum Gasteiger partial charge on any atom is 0.218 e. The molecule has 0 bridgehead atoms. The van der Waals surface area contributed by atoms with Crippen LogP contribution in [0.15, 0.2) is 11.4 Å². The molecule has 1 unspecified atom stereocenters. The molecule has 0 aliphatic carbocycles. The van der Waals surface area contributed by atoms with Gasteiger partial charge in [-0.25, -0.2) is 0 Å². The van der Waals surface area contributed by atoms with Crippen molar-refractivity contribution in [2.45, 2.75) is 25.9 Å². The van der Waals surface area contributed by atoms with Crippen molar-refractivity contribution >= 4 is 17.2 Å². The van der Waals surface area contributed by atoms with Crippen molar-refractivity contribution in [1.82, 2.24) is 5.32 Å². The van der Waals surface area contributed by atoms with Crippen molar-refractivity contribution in [3.05, 3.63) is 21.9 Å². The van der Waals surface area contributed by atoms with Crippen LogP contribution in [0, 0.1) is 11.3 Å². The van der Waals surface area contributed by atoms with Gasteiger partial charge in [-0.15, -0.1) is 11.3 Å². The van der Waals surface area contributed by atoms with Gasteiger partial charge < -0.3 is 11.1 Å². The second-order valence-corrected chi connectivity index (χ2v) is 4.36. The lowest BCUT2D eigenvalue weighted by Crippen LogP contribution is -2.30. The molecule has 0 saturated heterocycles. The van der Waals surface area contributed by atoms with Gasteiger partial charge in [0.1, 0.15) is 6.07 Å². The molecule has 80 valence electrons. The van der Waals surface area contributed by atoms with Gasteiger partial charge in [0.05, 0.1) is 5.56 Å². The van der Waals surface area contributed by atoms with Gasteiger partial charge in [-0.2, -0.15) is 5.26 Å². The van der Waals surface area contributed by atoms with Crippen LogP contribution in [0.3, 0.4) is 0 Å². The Balaban J connectivity index is 2.37. The summed E-state index contributed by atoms with van der Waals surface area (Å²) in [7, 11) is 0. The quantitative estimate of drug-likeness (QED) is 0.780. The van der Waals surface area contributed by atoms with E-state index in [2.05, 4.69) is 11.4 Å². The molecule has 1 aromatic heterocycles. The molecule has 3 N–H and O–H groups in total. The van der Waals surface area contributed by atoms with Gasteiger partial charge in [-0.05, 0) is 13.0 Å². The number of hydrogen-bond acceptors (Lipinski definition) is 4. The predicted molar refractivity (Wildman–Crippen MR) is 59.1 cm³/mol. The highest BCUT2D eigenvalue weighted by Crippen LogP contribution is 2.13. The Kier molecular flexibility index (Phi) is 4.28. The maximum atomic E-state index is 10.6. The van der Waals surface area contributed by atoms with Crippen LogP contribution in [-0.2, 0) is 11.3 Å². The summed E-state index contributed by atoms with van der Waals surface area (Å²) in [6, 6.07) is 3.98. The standard InChI is InChI=1S/C10H13N3OS/c1-7(2-10(12)14)13-5-9-3-8(4-11)6-15-9/h3,6-7,13H,2,5H2,1H3,(H2,12,14). The first-order chi connectivity index (χ1) is 7.11. The third-order valence-corrected chi connectivity index (χ3v) is 2.85. The number of thiophene rings is 1. The fourth-order valence-corrected chi connectivity index (χ4v) is 1.94. The molecule has 0 fully saturated rings. The van der Waals surface area contributed by atoms with Gasteiger partial charge in [-0.1, -0.05) is 0 Å². The summed E-state index contributed by atoms with van der Waals surface area (Å²) < 4.78 is 0. The fraction of sp³-hybridized carbons (Fsp3) is 0.400. The summed E-state index contributed by atoms with van der Waals surface area (Å²) in [6.45, 7) is 2.57. The smallest absolute Gasteiger partial charge is 0.218 e. The normalized spacial score (nSPS) is 12.0. The Labute approximate surface area is 92.7 Å². The molecule has 0 saturated carbocycles. The van der Waals surface area contributed by atoms with Crippen molar-refractivity contribution < 1.29 is 4.79 Å². The molecule has 1 heterocycles. The molecule has 1 amide bonds. The van der Waals surface area contributed by atoms with E-state index in [1.807, 2.05) is 18.4 Å². The Bertz CT molecular complexity index is 380. The zero-order valence-corrected chi connectivity index (χ0v) is 9.30. The third kappa shape index (κ3) is 4.11. The molecule has 15 heavy (non-hydrogen) atoms. The molecule has 1 atom stereocenters. The molecule has 0 spiro atoms. The number of amides is 1. The van der Waals surface area contributed by atoms with Gasteiger partial charge in [-0.3, -0.25) is 4.79 Å². The van der Waals surface area contributed by atoms with E-state index in [0.717, 1.165) is 4.88 Å². The number of carbonyl (C=O) groups is 1. The lowest BCUT2D eigenvalue weighted by molar-refractivity contribution is -0.118. The SMILES string of the molecule is CC(CC(N)=O)NCc1cc(C#N)cs1. The predicted octanol–water partition coefficient (Wildman–Crippen LogP) is 0.973. The van der Waals surface area contributed by atoms with Crippen LogP contribution in [0.2, 0.25) is 0 Å². The van der Waals surface area contributed by atoms with Gasteiger partial charge >= 0.3 is 0 Å². The van der Waals surface area contributed by atoms with Gasteiger partial charge in [0, 0.05) is 29.3 Å². The molecular formula is C10H13N3OS.